The summed E-state index contributed by atoms with van der Waals surface area (Å²) in [5.41, 5.74) is 0. The van der Waals surface area contributed by atoms with Crippen LogP contribution in [0.2, 0.25) is 0 Å². The van der Waals surface area contributed by atoms with Crippen molar-refractivity contribution >= 4 is 5.91 Å². The molecule has 0 saturated heterocycles. The quantitative estimate of drug-likeness (QED) is 0.800. The minimum atomic E-state index is -0.0156. The van der Waals surface area contributed by atoms with Crippen molar-refractivity contribution in [1.29, 1.82) is 0 Å². The number of hydrogen-bond acceptors (Lipinski definition) is 2. The van der Waals surface area contributed by atoms with E-state index in [1.165, 1.54) is 6.42 Å². The predicted molar refractivity (Wildman–Crippen MR) is 52.6 cm³/mol. The van der Waals surface area contributed by atoms with Gasteiger partial charge in [-0.25, -0.2) is 0 Å². The van der Waals surface area contributed by atoms with Crippen LogP contribution in [0.1, 0.15) is 38.0 Å². The van der Waals surface area contributed by atoms with Crippen molar-refractivity contribution in [3.8, 4) is 0 Å². The molecule has 1 amide bonds. The first-order chi connectivity index (χ1) is 6.77. The molecule has 1 aliphatic carbocycles. The molecular formula is C11H15NO2. The molecule has 1 aliphatic rings. The first kappa shape index (κ1) is 9.31. The molecule has 0 bridgehead atoms. The van der Waals surface area contributed by atoms with Gasteiger partial charge in [-0.3, -0.25) is 4.79 Å². The van der Waals surface area contributed by atoms with Crippen LogP contribution in [0.4, 0.5) is 0 Å². The van der Waals surface area contributed by atoms with Gasteiger partial charge in [0.1, 0.15) is 5.76 Å². The van der Waals surface area contributed by atoms with Crippen LogP contribution in [0, 0.1) is 5.92 Å². The summed E-state index contributed by atoms with van der Waals surface area (Å²) in [4.78, 5) is 11.6. The van der Waals surface area contributed by atoms with Crippen LogP contribution in [0.25, 0.3) is 0 Å². The molecule has 1 unspecified atom stereocenters. The summed E-state index contributed by atoms with van der Waals surface area (Å²) in [5, 5.41) is 2.95. The number of carbonyl (C=O) groups excluding carboxylic acids is 1. The van der Waals surface area contributed by atoms with Gasteiger partial charge in [0.25, 0.3) is 0 Å². The van der Waals surface area contributed by atoms with Gasteiger partial charge in [-0.2, -0.15) is 0 Å². The Kier molecular flexibility index (Phi) is 2.57. The number of hydrogen-bond donors (Lipinski definition) is 1. The minimum absolute atomic E-state index is 0.0156. The highest BCUT2D eigenvalue weighted by Gasteiger charge is 2.26. The van der Waals surface area contributed by atoms with Gasteiger partial charge in [0.05, 0.1) is 12.3 Å². The van der Waals surface area contributed by atoms with Crippen LogP contribution in [0.3, 0.4) is 0 Å². The van der Waals surface area contributed by atoms with Crippen molar-refractivity contribution < 1.29 is 9.21 Å². The largest absolute Gasteiger partial charge is 0.467 e. The second-order valence-corrected chi connectivity index (χ2v) is 3.87. The molecule has 1 N–H and O–H groups in total. The van der Waals surface area contributed by atoms with E-state index in [1.54, 1.807) is 6.26 Å². The molecule has 1 fully saturated rings. The number of nitrogens with one attached hydrogen (secondary N) is 1. The van der Waals surface area contributed by atoms with Gasteiger partial charge in [-0.15, -0.1) is 0 Å². The zero-order chi connectivity index (χ0) is 9.97. The number of amides is 1. The molecule has 0 aromatic carbocycles. The maximum atomic E-state index is 11.6. The summed E-state index contributed by atoms with van der Waals surface area (Å²) < 4.78 is 5.21. The molecule has 2 rings (SSSR count). The summed E-state index contributed by atoms with van der Waals surface area (Å²) >= 11 is 0. The van der Waals surface area contributed by atoms with Crippen molar-refractivity contribution in [2.24, 2.45) is 5.92 Å². The maximum absolute atomic E-state index is 11.6. The lowest BCUT2D eigenvalue weighted by Crippen LogP contribution is -2.35. The lowest BCUT2D eigenvalue weighted by Gasteiger charge is -2.25. The third kappa shape index (κ3) is 1.81. The second kappa shape index (κ2) is 3.86. The molecule has 76 valence electrons. The van der Waals surface area contributed by atoms with Crippen LogP contribution in [0.5, 0.6) is 0 Å². The van der Waals surface area contributed by atoms with Crippen molar-refractivity contribution in [3.05, 3.63) is 24.2 Å². The fraction of sp³-hybridized carbons (Fsp3) is 0.545. The first-order valence-corrected chi connectivity index (χ1v) is 5.11. The Bertz CT molecular complexity index is 301. The zero-order valence-electron chi connectivity index (χ0n) is 8.32. The van der Waals surface area contributed by atoms with E-state index in [4.69, 9.17) is 4.42 Å². The van der Waals surface area contributed by atoms with Crippen molar-refractivity contribution in [3.63, 3.8) is 0 Å². The van der Waals surface area contributed by atoms with Crippen LogP contribution in [-0.4, -0.2) is 5.91 Å². The van der Waals surface area contributed by atoms with Gasteiger partial charge in [0, 0.05) is 5.92 Å². The fourth-order valence-electron chi connectivity index (χ4n) is 1.61. The Labute approximate surface area is 83.5 Å². The van der Waals surface area contributed by atoms with E-state index in [-0.39, 0.29) is 17.9 Å². The Hall–Kier alpha value is -1.25. The SMILES string of the molecule is CC(NC(=O)C1CCC1)c1ccco1. The molecule has 1 aromatic heterocycles. The average molecular weight is 193 g/mol. The van der Waals surface area contributed by atoms with Gasteiger partial charge in [0.15, 0.2) is 0 Å². The lowest BCUT2D eigenvalue weighted by molar-refractivity contribution is -0.128. The van der Waals surface area contributed by atoms with Crippen LogP contribution < -0.4 is 5.32 Å². The first-order valence-electron chi connectivity index (χ1n) is 5.11. The molecule has 0 radical (unpaired) electrons. The van der Waals surface area contributed by atoms with Gasteiger partial charge in [-0.1, -0.05) is 6.42 Å². The standard InChI is InChI=1S/C11H15NO2/c1-8(10-6-3-7-14-10)12-11(13)9-4-2-5-9/h3,6-9H,2,4-5H2,1H3,(H,12,13). The van der Waals surface area contributed by atoms with Crippen molar-refractivity contribution in [2.45, 2.75) is 32.2 Å². The fourth-order valence-corrected chi connectivity index (χ4v) is 1.61. The highest BCUT2D eigenvalue weighted by atomic mass is 16.3. The van der Waals surface area contributed by atoms with E-state index >= 15 is 0 Å². The molecule has 1 heterocycles. The summed E-state index contributed by atoms with van der Waals surface area (Å²) in [7, 11) is 0. The Morgan fingerprint density at radius 2 is 2.43 bits per heavy atom. The van der Waals surface area contributed by atoms with Crippen molar-refractivity contribution in [2.75, 3.05) is 0 Å². The van der Waals surface area contributed by atoms with Crippen LogP contribution >= 0.6 is 0 Å². The van der Waals surface area contributed by atoms with Gasteiger partial charge < -0.3 is 9.73 Å². The Morgan fingerprint density at radius 3 is 2.93 bits per heavy atom. The number of furan rings is 1. The molecule has 0 spiro atoms. The van der Waals surface area contributed by atoms with Gasteiger partial charge in [0.2, 0.25) is 5.91 Å². The minimum Gasteiger partial charge on any atom is -0.467 e. The third-order valence-corrected chi connectivity index (χ3v) is 2.80. The summed E-state index contributed by atoms with van der Waals surface area (Å²) in [6.07, 6.45) is 4.89. The molecule has 1 saturated carbocycles. The Morgan fingerprint density at radius 1 is 1.64 bits per heavy atom. The van der Waals surface area contributed by atoms with E-state index in [9.17, 15) is 4.79 Å². The van der Waals surface area contributed by atoms with Crippen LogP contribution in [0.15, 0.2) is 22.8 Å². The van der Waals surface area contributed by atoms with Crippen LogP contribution in [-0.2, 0) is 4.79 Å². The highest BCUT2D eigenvalue weighted by molar-refractivity contribution is 5.79. The molecule has 14 heavy (non-hydrogen) atoms. The topological polar surface area (TPSA) is 42.2 Å². The van der Waals surface area contributed by atoms with E-state index in [0.29, 0.717) is 0 Å². The molecule has 1 aromatic rings. The normalized spacial score (nSPS) is 18.6. The predicted octanol–water partition coefficient (Wildman–Crippen LogP) is 2.26. The van der Waals surface area contributed by atoms with Gasteiger partial charge in [-0.05, 0) is 31.9 Å². The molecule has 3 heteroatoms. The zero-order valence-corrected chi connectivity index (χ0v) is 8.32. The van der Waals surface area contributed by atoms with Gasteiger partial charge >= 0.3 is 0 Å². The third-order valence-electron chi connectivity index (χ3n) is 2.80. The average Bonchev–Trinajstić information content (AvgIpc) is 2.51. The maximum Gasteiger partial charge on any atom is 0.223 e. The molecule has 1 atom stereocenters. The summed E-state index contributed by atoms with van der Waals surface area (Å²) in [6.45, 7) is 1.94. The second-order valence-electron chi connectivity index (χ2n) is 3.87. The number of carbonyl (C=O) groups is 1. The molecule has 0 aliphatic heterocycles. The monoisotopic (exact) mass is 193 g/mol. The van der Waals surface area contributed by atoms with E-state index < -0.39 is 0 Å². The van der Waals surface area contributed by atoms with Crippen molar-refractivity contribution in [1.82, 2.24) is 5.32 Å². The number of rotatable bonds is 3. The molecule has 3 nitrogen and oxygen atoms in total. The summed E-state index contributed by atoms with van der Waals surface area (Å²) in [5.74, 6) is 1.23. The van der Waals surface area contributed by atoms with E-state index in [1.807, 2.05) is 19.1 Å². The molecular weight excluding hydrogens is 178 g/mol. The van der Waals surface area contributed by atoms with E-state index in [0.717, 1.165) is 18.6 Å². The Balaban J connectivity index is 1.87. The highest BCUT2D eigenvalue weighted by Crippen LogP contribution is 2.27. The smallest absolute Gasteiger partial charge is 0.223 e. The van der Waals surface area contributed by atoms with E-state index in [2.05, 4.69) is 5.32 Å². The lowest BCUT2D eigenvalue weighted by atomic mass is 9.84. The summed E-state index contributed by atoms with van der Waals surface area (Å²) in [6, 6.07) is 3.70.